The molecule has 1 saturated heterocycles. The number of carbonyl (C=O) groups is 2. The molecule has 0 radical (unpaired) electrons. The number of hydrogen-bond donors (Lipinski definition) is 1. The predicted molar refractivity (Wildman–Crippen MR) is 160 cm³/mol. The molecule has 6 rings (SSSR count). The number of Topliss-reactive ketones (excluding diaryl/α,β-unsaturated/α-hetero) is 1. The summed E-state index contributed by atoms with van der Waals surface area (Å²) in [6.45, 7) is 1.42. The number of ether oxygens (including phenoxy) is 4. The molecule has 1 N–H and O–H groups in total. The van der Waals surface area contributed by atoms with Crippen LogP contribution in [0.25, 0.3) is 5.76 Å². The molecule has 1 unspecified atom stereocenters. The second-order valence-electron chi connectivity index (χ2n) is 10.3. The Balaban J connectivity index is 1.39. The van der Waals surface area contributed by atoms with Crippen LogP contribution in [0.5, 0.6) is 23.0 Å². The van der Waals surface area contributed by atoms with Gasteiger partial charge in [-0.15, -0.1) is 0 Å². The minimum Gasteiger partial charge on any atom is -0.507 e. The molecule has 0 aromatic heterocycles. The Kier molecular flexibility index (Phi) is 8.00. The van der Waals surface area contributed by atoms with Crippen molar-refractivity contribution >= 4 is 17.4 Å². The Labute approximate surface area is 249 Å². The first-order valence-electron chi connectivity index (χ1n) is 14.1. The van der Waals surface area contributed by atoms with Crippen molar-refractivity contribution in [3.05, 3.63) is 125 Å². The number of ketones is 1. The lowest BCUT2D eigenvalue weighted by atomic mass is 9.94. The van der Waals surface area contributed by atoms with E-state index in [0.717, 1.165) is 11.1 Å². The number of likely N-dealkylation sites (tertiary alicyclic amines) is 1. The van der Waals surface area contributed by atoms with Crippen molar-refractivity contribution in [3.63, 3.8) is 0 Å². The molecular formula is C35H31NO7. The summed E-state index contributed by atoms with van der Waals surface area (Å²) in [5.74, 6) is 0.262. The lowest BCUT2D eigenvalue weighted by molar-refractivity contribution is -0.139. The average molecular weight is 578 g/mol. The van der Waals surface area contributed by atoms with Crippen LogP contribution in [-0.4, -0.2) is 48.6 Å². The second-order valence-corrected chi connectivity index (χ2v) is 10.3. The first kappa shape index (κ1) is 27.9. The van der Waals surface area contributed by atoms with Gasteiger partial charge >= 0.3 is 0 Å². The molecule has 0 saturated carbocycles. The van der Waals surface area contributed by atoms with E-state index in [1.54, 1.807) is 36.4 Å². The third kappa shape index (κ3) is 5.77. The van der Waals surface area contributed by atoms with Gasteiger partial charge in [0, 0.05) is 12.1 Å². The van der Waals surface area contributed by atoms with Crippen LogP contribution in [-0.2, 0) is 22.6 Å². The van der Waals surface area contributed by atoms with E-state index in [1.165, 1.54) is 12.0 Å². The van der Waals surface area contributed by atoms with Gasteiger partial charge in [0.25, 0.3) is 11.7 Å². The first-order chi connectivity index (χ1) is 21.0. The van der Waals surface area contributed by atoms with Crippen LogP contribution in [0.1, 0.15) is 28.3 Å². The Hall–Kier alpha value is -5.24. The van der Waals surface area contributed by atoms with Gasteiger partial charge in [0.2, 0.25) is 0 Å². The van der Waals surface area contributed by atoms with Gasteiger partial charge in [0.15, 0.2) is 23.0 Å². The molecule has 218 valence electrons. The van der Waals surface area contributed by atoms with Crippen molar-refractivity contribution in [2.24, 2.45) is 0 Å². The van der Waals surface area contributed by atoms with E-state index in [9.17, 15) is 14.7 Å². The maximum Gasteiger partial charge on any atom is 0.295 e. The molecule has 0 aliphatic carbocycles. The summed E-state index contributed by atoms with van der Waals surface area (Å²) in [5.41, 5.74) is 2.98. The zero-order valence-electron chi connectivity index (χ0n) is 23.7. The first-order valence-corrected chi connectivity index (χ1v) is 14.1. The number of carbonyl (C=O) groups excluding carboxylic acids is 2. The molecule has 4 aromatic rings. The van der Waals surface area contributed by atoms with Crippen molar-refractivity contribution in [1.29, 1.82) is 0 Å². The highest BCUT2D eigenvalue weighted by Gasteiger charge is 2.46. The van der Waals surface area contributed by atoms with Crippen molar-refractivity contribution < 1.29 is 33.6 Å². The quantitative estimate of drug-likeness (QED) is 0.155. The van der Waals surface area contributed by atoms with E-state index in [4.69, 9.17) is 18.9 Å². The number of nitrogens with zero attached hydrogens (tertiary/aromatic N) is 1. The Morgan fingerprint density at radius 1 is 0.837 bits per heavy atom. The molecule has 0 spiro atoms. The Morgan fingerprint density at radius 3 is 2.26 bits per heavy atom. The zero-order chi connectivity index (χ0) is 29.8. The zero-order valence-corrected chi connectivity index (χ0v) is 23.7. The molecule has 0 bridgehead atoms. The van der Waals surface area contributed by atoms with E-state index < -0.39 is 17.7 Å². The summed E-state index contributed by atoms with van der Waals surface area (Å²) in [7, 11) is 1.54. The third-order valence-electron chi connectivity index (χ3n) is 7.58. The number of amides is 1. The van der Waals surface area contributed by atoms with Crippen LogP contribution in [0.4, 0.5) is 0 Å². The fourth-order valence-electron chi connectivity index (χ4n) is 5.41. The number of hydrogen-bond acceptors (Lipinski definition) is 7. The van der Waals surface area contributed by atoms with Gasteiger partial charge in [-0.2, -0.15) is 0 Å². The molecule has 2 aliphatic rings. The number of methoxy groups -OCH3 is 1. The SMILES string of the molecule is COc1cc(C2/C(=C(\O)c3ccc4c(c3)OCCO4)C(=O)C(=O)N2CCc2ccccc2)ccc1OCc1ccccc1. The molecular weight excluding hydrogens is 546 g/mol. The molecule has 8 heteroatoms. The van der Waals surface area contributed by atoms with Crippen LogP contribution in [0.15, 0.2) is 103 Å². The summed E-state index contributed by atoms with van der Waals surface area (Å²) < 4.78 is 23.0. The smallest absolute Gasteiger partial charge is 0.295 e. The molecule has 43 heavy (non-hydrogen) atoms. The maximum atomic E-state index is 13.6. The summed E-state index contributed by atoms with van der Waals surface area (Å²) >= 11 is 0. The Bertz CT molecular complexity index is 1670. The van der Waals surface area contributed by atoms with Crippen LogP contribution in [0.3, 0.4) is 0 Å². The molecule has 2 heterocycles. The maximum absolute atomic E-state index is 13.6. The minimum absolute atomic E-state index is 0.00486. The lowest BCUT2D eigenvalue weighted by Gasteiger charge is -2.26. The van der Waals surface area contributed by atoms with Crippen molar-refractivity contribution in [2.75, 3.05) is 26.9 Å². The van der Waals surface area contributed by atoms with Crippen LogP contribution in [0, 0.1) is 0 Å². The molecule has 1 fully saturated rings. The molecule has 2 aliphatic heterocycles. The van der Waals surface area contributed by atoms with E-state index in [1.807, 2.05) is 60.7 Å². The fraction of sp³-hybridized carbons (Fsp3) is 0.200. The number of rotatable bonds is 9. The van der Waals surface area contributed by atoms with Crippen molar-refractivity contribution in [3.8, 4) is 23.0 Å². The molecule has 4 aromatic carbocycles. The van der Waals surface area contributed by atoms with E-state index in [0.29, 0.717) is 60.4 Å². The largest absolute Gasteiger partial charge is 0.507 e. The summed E-state index contributed by atoms with van der Waals surface area (Å²) in [5, 5.41) is 11.6. The summed E-state index contributed by atoms with van der Waals surface area (Å²) in [6.07, 6.45) is 0.532. The normalized spacial score (nSPS) is 17.1. The third-order valence-corrected chi connectivity index (χ3v) is 7.58. The van der Waals surface area contributed by atoms with Crippen LogP contribution in [0.2, 0.25) is 0 Å². The van der Waals surface area contributed by atoms with Gasteiger partial charge in [-0.3, -0.25) is 9.59 Å². The molecule has 8 nitrogen and oxygen atoms in total. The number of benzene rings is 4. The molecule has 1 amide bonds. The number of aliphatic hydroxyl groups is 1. The van der Waals surface area contributed by atoms with Gasteiger partial charge < -0.3 is 29.0 Å². The van der Waals surface area contributed by atoms with E-state index in [2.05, 4.69) is 0 Å². The van der Waals surface area contributed by atoms with Crippen molar-refractivity contribution in [2.45, 2.75) is 19.1 Å². The highest BCUT2D eigenvalue weighted by molar-refractivity contribution is 6.46. The second kappa shape index (κ2) is 12.3. The standard InChI is InChI=1S/C35H31NO7/c1-40-29-20-25(12-14-27(29)43-22-24-10-6-3-7-11-24)32-31(33(37)26-13-15-28-30(21-26)42-19-18-41-28)34(38)35(39)36(32)17-16-23-8-4-2-5-9-23/h2-15,20-21,32,37H,16-19,22H2,1H3/b33-31+. The van der Waals surface area contributed by atoms with Crippen LogP contribution >= 0.6 is 0 Å². The van der Waals surface area contributed by atoms with Gasteiger partial charge in [-0.05, 0) is 53.4 Å². The van der Waals surface area contributed by atoms with Gasteiger partial charge in [0.05, 0.1) is 18.7 Å². The Morgan fingerprint density at radius 2 is 1.53 bits per heavy atom. The van der Waals surface area contributed by atoms with E-state index in [-0.39, 0.29) is 17.9 Å². The monoisotopic (exact) mass is 577 g/mol. The lowest BCUT2D eigenvalue weighted by Crippen LogP contribution is -2.31. The van der Waals surface area contributed by atoms with Gasteiger partial charge in [-0.25, -0.2) is 0 Å². The van der Waals surface area contributed by atoms with Gasteiger partial charge in [-0.1, -0.05) is 66.7 Å². The fourth-order valence-corrected chi connectivity index (χ4v) is 5.41. The van der Waals surface area contributed by atoms with Gasteiger partial charge in [0.1, 0.15) is 25.6 Å². The molecule has 1 atom stereocenters. The number of aliphatic hydroxyl groups excluding tert-OH is 1. The number of fused-ring (bicyclic) bond motifs is 1. The highest BCUT2D eigenvalue weighted by Crippen LogP contribution is 2.43. The minimum atomic E-state index is -0.853. The summed E-state index contributed by atoms with van der Waals surface area (Å²) in [6, 6.07) is 28.9. The predicted octanol–water partition coefficient (Wildman–Crippen LogP) is 5.71. The summed E-state index contributed by atoms with van der Waals surface area (Å²) in [4.78, 5) is 28.6. The van der Waals surface area contributed by atoms with E-state index >= 15 is 0 Å². The topological polar surface area (TPSA) is 94.5 Å². The highest BCUT2D eigenvalue weighted by atomic mass is 16.6. The van der Waals surface area contributed by atoms with Crippen LogP contribution < -0.4 is 18.9 Å². The van der Waals surface area contributed by atoms with Crippen molar-refractivity contribution in [1.82, 2.24) is 4.90 Å². The average Bonchev–Trinajstić information content (AvgIpc) is 3.31.